The van der Waals surface area contributed by atoms with Crippen LogP contribution in [0.1, 0.15) is 21.8 Å². The smallest absolute Gasteiger partial charge is 0.349 e. The molecule has 0 N–H and O–H groups in total. The molecule has 3 rings (SSSR count). The Morgan fingerprint density at radius 3 is 2.52 bits per heavy atom. The summed E-state index contributed by atoms with van der Waals surface area (Å²) in [5.41, 5.74) is 0.866. The molecular weight excluding hydrogens is 290 g/mol. The Morgan fingerprint density at radius 1 is 1.14 bits per heavy atom. The molecule has 0 atom stereocenters. The van der Waals surface area contributed by atoms with E-state index in [0.717, 1.165) is 10.8 Å². The molecule has 0 radical (unpaired) electrons. The molecule has 0 aliphatic carbocycles. The molecule has 1 aromatic heterocycles. The van der Waals surface area contributed by atoms with Gasteiger partial charge in [-0.3, -0.25) is 0 Å². The van der Waals surface area contributed by atoms with Crippen molar-refractivity contribution in [3.63, 3.8) is 0 Å². The second-order valence-electron chi connectivity index (χ2n) is 4.68. The van der Waals surface area contributed by atoms with Crippen LogP contribution < -0.4 is 4.74 Å². The number of halogens is 1. The normalized spacial score (nSPS) is 10.8. The zero-order valence-electron chi connectivity index (χ0n) is 11.5. The molecule has 0 unspecified atom stereocenters. The summed E-state index contributed by atoms with van der Waals surface area (Å²) in [6.45, 7) is 3.38. The van der Waals surface area contributed by atoms with Crippen LogP contribution in [0.4, 0.5) is 0 Å². The number of fused-ring (bicyclic) bond motifs is 1. The van der Waals surface area contributed by atoms with Crippen LogP contribution in [-0.4, -0.2) is 11.1 Å². The summed E-state index contributed by atoms with van der Waals surface area (Å²) in [5.74, 6) is 0.412. The molecule has 106 valence electrons. The molecule has 0 saturated heterocycles. The minimum absolute atomic E-state index is 0.356. The van der Waals surface area contributed by atoms with E-state index >= 15 is 0 Å². The van der Waals surface area contributed by atoms with E-state index in [2.05, 4.69) is 5.16 Å². The number of esters is 1. The summed E-state index contributed by atoms with van der Waals surface area (Å²) in [7, 11) is 0. The maximum atomic E-state index is 12.3. The first-order chi connectivity index (χ1) is 10.1. The van der Waals surface area contributed by atoms with Gasteiger partial charge in [0, 0.05) is 15.8 Å². The highest BCUT2D eigenvalue weighted by atomic mass is 35.5. The summed E-state index contributed by atoms with van der Waals surface area (Å²) < 4.78 is 10.5. The Labute approximate surface area is 126 Å². The van der Waals surface area contributed by atoms with Gasteiger partial charge in [0.05, 0.1) is 5.69 Å². The van der Waals surface area contributed by atoms with Crippen molar-refractivity contribution in [1.29, 1.82) is 0 Å². The largest absolute Gasteiger partial charge is 0.422 e. The van der Waals surface area contributed by atoms with Crippen molar-refractivity contribution in [3.8, 4) is 5.75 Å². The molecule has 0 aliphatic heterocycles. The molecule has 2 aromatic carbocycles. The first kappa shape index (κ1) is 13.6. The maximum absolute atomic E-state index is 12.3. The lowest BCUT2D eigenvalue weighted by atomic mass is 10.1. The number of aryl methyl sites for hydroxylation is 2. The average Bonchev–Trinajstić information content (AvgIpc) is 2.81. The summed E-state index contributed by atoms with van der Waals surface area (Å²) in [6.07, 6.45) is 0. The van der Waals surface area contributed by atoms with E-state index in [-0.39, 0.29) is 0 Å². The standard InChI is InChI=1S/C16H12ClNO3/c1-9-15(10(2)21-18-9)16(19)20-14-8-7-13(17)11-5-3-4-6-12(11)14/h3-8H,1-2H3. The monoisotopic (exact) mass is 301 g/mol. The highest BCUT2D eigenvalue weighted by Crippen LogP contribution is 2.32. The van der Waals surface area contributed by atoms with Crippen LogP contribution in [0.2, 0.25) is 5.02 Å². The van der Waals surface area contributed by atoms with Gasteiger partial charge in [-0.2, -0.15) is 0 Å². The summed E-state index contributed by atoms with van der Waals surface area (Å²) in [4.78, 5) is 12.3. The molecular formula is C16H12ClNO3. The van der Waals surface area contributed by atoms with Crippen molar-refractivity contribution >= 4 is 28.3 Å². The SMILES string of the molecule is Cc1noc(C)c1C(=O)Oc1ccc(Cl)c2ccccc12. The van der Waals surface area contributed by atoms with Crippen molar-refractivity contribution < 1.29 is 14.1 Å². The number of aromatic nitrogens is 1. The van der Waals surface area contributed by atoms with Crippen LogP contribution in [0.5, 0.6) is 5.75 Å². The fraction of sp³-hybridized carbons (Fsp3) is 0.125. The molecule has 5 heteroatoms. The highest BCUT2D eigenvalue weighted by Gasteiger charge is 2.20. The number of hydrogen-bond donors (Lipinski definition) is 0. The Bertz CT molecular complexity index is 819. The average molecular weight is 302 g/mol. The minimum atomic E-state index is -0.487. The van der Waals surface area contributed by atoms with Gasteiger partial charge in [0.2, 0.25) is 0 Å². The number of benzene rings is 2. The third-order valence-electron chi connectivity index (χ3n) is 3.27. The van der Waals surface area contributed by atoms with Crippen molar-refractivity contribution in [2.45, 2.75) is 13.8 Å². The van der Waals surface area contributed by atoms with Gasteiger partial charge in [0.25, 0.3) is 0 Å². The molecule has 1 heterocycles. The third kappa shape index (κ3) is 2.38. The molecule has 0 amide bonds. The number of ether oxygens (including phenoxy) is 1. The fourth-order valence-electron chi connectivity index (χ4n) is 2.25. The molecule has 3 aromatic rings. The van der Waals surface area contributed by atoms with Crippen LogP contribution >= 0.6 is 11.6 Å². The lowest BCUT2D eigenvalue weighted by Gasteiger charge is -2.08. The minimum Gasteiger partial charge on any atom is -0.422 e. The lowest BCUT2D eigenvalue weighted by molar-refractivity contribution is 0.0734. The van der Waals surface area contributed by atoms with E-state index in [4.69, 9.17) is 20.9 Å². The van der Waals surface area contributed by atoms with Gasteiger partial charge in [-0.25, -0.2) is 4.79 Å². The topological polar surface area (TPSA) is 52.3 Å². The van der Waals surface area contributed by atoms with Crippen LogP contribution in [0, 0.1) is 13.8 Å². The van der Waals surface area contributed by atoms with Crippen LogP contribution in [-0.2, 0) is 0 Å². The van der Waals surface area contributed by atoms with Gasteiger partial charge in [0.15, 0.2) is 0 Å². The summed E-state index contributed by atoms with van der Waals surface area (Å²) in [5, 5.41) is 5.99. The second kappa shape index (κ2) is 5.22. The van der Waals surface area contributed by atoms with Gasteiger partial charge < -0.3 is 9.26 Å². The van der Waals surface area contributed by atoms with E-state index in [1.165, 1.54) is 0 Å². The molecule has 0 aliphatic rings. The number of carbonyl (C=O) groups excluding carboxylic acids is 1. The molecule has 0 bridgehead atoms. The fourth-order valence-corrected chi connectivity index (χ4v) is 2.48. The van der Waals surface area contributed by atoms with Crippen molar-refractivity contribution in [3.05, 3.63) is 58.4 Å². The maximum Gasteiger partial charge on any atom is 0.349 e. The Kier molecular flexibility index (Phi) is 3.39. The molecule has 4 nitrogen and oxygen atoms in total. The van der Waals surface area contributed by atoms with E-state index in [1.54, 1.807) is 26.0 Å². The zero-order chi connectivity index (χ0) is 15.0. The van der Waals surface area contributed by atoms with E-state index in [1.807, 2.05) is 24.3 Å². The summed E-state index contributed by atoms with van der Waals surface area (Å²) >= 11 is 6.15. The number of carbonyl (C=O) groups is 1. The molecule has 0 saturated carbocycles. The molecule has 0 spiro atoms. The third-order valence-corrected chi connectivity index (χ3v) is 3.60. The number of nitrogens with zero attached hydrogens (tertiary/aromatic N) is 1. The van der Waals surface area contributed by atoms with Crippen molar-refractivity contribution in [2.75, 3.05) is 0 Å². The van der Waals surface area contributed by atoms with E-state index < -0.39 is 5.97 Å². The van der Waals surface area contributed by atoms with E-state index in [0.29, 0.717) is 27.8 Å². The van der Waals surface area contributed by atoms with E-state index in [9.17, 15) is 4.79 Å². The van der Waals surface area contributed by atoms with Crippen molar-refractivity contribution in [1.82, 2.24) is 5.16 Å². The van der Waals surface area contributed by atoms with Crippen LogP contribution in [0.3, 0.4) is 0 Å². The van der Waals surface area contributed by atoms with Gasteiger partial charge in [-0.15, -0.1) is 0 Å². The lowest BCUT2D eigenvalue weighted by Crippen LogP contribution is -2.10. The molecule has 21 heavy (non-hydrogen) atoms. The predicted octanol–water partition coefficient (Wildman–Crippen LogP) is 4.32. The van der Waals surface area contributed by atoms with Gasteiger partial charge in [-0.1, -0.05) is 41.0 Å². The summed E-state index contributed by atoms with van der Waals surface area (Å²) in [6, 6.07) is 10.9. The first-order valence-electron chi connectivity index (χ1n) is 6.40. The highest BCUT2D eigenvalue weighted by molar-refractivity contribution is 6.35. The molecule has 0 fully saturated rings. The number of rotatable bonds is 2. The van der Waals surface area contributed by atoms with Crippen molar-refractivity contribution in [2.24, 2.45) is 0 Å². The van der Waals surface area contributed by atoms with Crippen LogP contribution in [0.15, 0.2) is 40.9 Å². The Hall–Kier alpha value is -2.33. The zero-order valence-corrected chi connectivity index (χ0v) is 12.3. The Morgan fingerprint density at radius 2 is 1.86 bits per heavy atom. The van der Waals surface area contributed by atoms with Gasteiger partial charge in [-0.05, 0) is 26.0 Å². The predicted molar refractivity (Wildman–Crippen MR) is 79.9 cm³/mol. The first-order valence-corrected chi connectivity index (χ1v) is 6.78. The van der Waals surface area contributed by atoms with Crippen LogP contribution in [0.25, 0.3) is 10.8 Å². The Balaban J connectivity index is 2.03. The van der Waals surface area contributed by atoms with Gasteiger partial charge >= 0.3 is 5.97 Å². The quantitative estimate of drug-likeness (QED) is 0.522. The van der Waals surface area contributed by atoms with Gasteiger partial charge in [0.1, 0.15) is 17.1 Å². The second-order valence-corrected chi connectivity index (χ2v) is 5.09. The number of hydrogen-bond acceptors (Lipinski definition) is 4.